The number of rotatable bonds is 9. The zero-order valence-electron chi connectivity index (χ0n) is 21.0. The summed E-state index contributed by atoms with van der Waals surface area (Å²) < 4.78 is 6.66. The lowest BCUT2D eigenvalue weighted by Crippen LogP contribution is -2.42. The van der Waals surface area contributed by atoms with Gasteiger partial charge >= 0.3 is 6.03 Å². The van der Waals surface area contributed by atoms with Gasteiger partial charge in [0, 0.05) is 43.0 Å². The number of halogens is 1. The lowest BCUT2D eigenvalue weighted by Gasteiger charge is -2.22. The quantitative estimate of drug-likeness (QED) is 0.301. The van der Waals surface area contributed by atoms with Crippen molar-refractivity contribution in [1.29, 1.82) is 0 Å². The number of hydrogen-bond donors (Lipinski definition) is 2. The number of methoxy groups -OCH3 is 1. The first-order valence-corrected chi connectivity index (χ1v) is 11.8. The summed E-state index contributed by atoms with van der Waals surface area (Å²) in [6.07, 6.45) is 0. The molecule has 0 radical (unpaired) electrons. The van der Waals surface area contributed by atoms with Crippen molar-refractivity contribution in [2.45, 2.75) is 26.2 Å². The second-order valence-electron chi connectivity index (χ2n) is 9.22. The number of non-ortho nitro benzene ring substituents is 1. The third-order valence-electron chi connectivity index (χ3n) is 5.34. The molecule has 1 heterocycles. The van der Waals surface area contributed by atoms with E-state index in [0.29, 0.717) is 22.2 Å². The Balaban J connectivity index is 1.79. The molecule has 196 valence electrons. The van der Waals surface area contributed by atoms with E-state index in [2.05, 4.69) is 15.7 Å². The summed E-state index contributed by atoms with van der Waals surface area (Å²) in [6, 6.07) is 13.8. The Labute approximate surface area is 219 Å². The Morgan fingerprint density at radius 1 is 1.14 bits per heavy atom. The fourth-order valence-electron chi connectivity index (χ4n) is 3.32. The van der Waals surface area contributed by atoms with Crippen molar-refractivity contribution >= 4 is 40.7 Å². The fourth-order valence-corrected chi connectivity index (χ4v) is 3.54. The highest BCUT2D eigenvalue weighted by Crippen LogP contribution is 2.29. The van der Waals surface area contributed by atoms with Gasteiger partial charge in [0.05, 0.1) is 27.9 Å². The van der Waals surface area contributed by atoms with E-state index in [1.54, 1.807) is 28.9 Å². The van der Waals surface area contributed by atoms with Crippen molar-refractivity contribution in [2.75, 3.05) is 37.4 Å². The van der Waals surface area contributed by atoms with E-state index < -0.39 is 16.9 Å². The van der Waals surface area contributed by atoms with Gasteiger partial charge in [0.25, 0.3) is 5.69 Å². The molecule has 3 aromatic rings. The normalized spacial score (nSPS) is 11.2. The number of nitro benzene ring substituents is 1. The zero-order chi connectivity index (χ0) is 27.2. The maximum absolute atomic E-state index is 13.1. The molecule has 3 rings (SSSR count). The van der Waals surface area contributed by atoms with E-state index in [4.69, 9.17) is 16.3 Å². The summed E-state index contributed by atoms with van der Waals surface area (Å²) in [4.78, 5) is 37.6. The van der Waals surface area contributed by atoms with Crippen LogP contribution in [0.1, 0.15) is 26.5 Å². The minimum absolute atomic E-state index is 0.0987. The van der Waals surface area contributed by atoms with E-state index in [0.717, 1.165) is 5.69 Å². The second kappa shape index (κ2) is 11.8. The number of para-hydroxylation sites is 1. The minimum atomic E-state index is -0.559. The number of carbonyl (C=O) groups excluding carboxylic acids is 2. The highest BCUT2D eigenvalue weighted by molar-refractivity contribution is 6.32. The van der Waals surface area contributed by atoms with Crippen LogP contribution in [0, 0.1) is 10.1 Å². The largest absolute Gasteiger partial charge is 0.383 e. The molecular formula is C25H29ClN6O5. The molecule has 2 N–H and O–H groups in total. The van der Waals surface area contributed by atoms with Gasteiger partial charge in [-0.05, 0) is 24.3 Å². The molecule has 0 aliphatic rings. The molecular weight excluding hydrogens is 500 g/mol. The first-order chi connectivity index (χ1) is 17.5. The standard InChI is InChI=1S/C25H29ClN6O5/c1-25(2,3)21-15-22(31(29-21)20-8-6-5-7-19(20)26)28-23(33)16-30(13-14-37-4)24(34)27-17-9-11-18(12-10-17)32(35)36/h5-12,15H,13-14,16H2,1-4H3,(H,27,34)(H,28,33). The van der Waals surface area contributed by atoms with Crippen LogP contribution in [0.2, 0.25) is 5.02 Å². The van der Waals surface area contributed by atoms with E-state index in [1.165, 1.54) is 36.3 Å². The Morgan fingerprint density at radius 3 is 2.41 bits per heavy atom. The van der Waals surface area contributed by atoms with Gasteiger partial charge in [-0.2, -0.15) is 5.10 Å². The number of nitrogens with one attached hydrogen (secondary N) is 2. The van der Waals surface area contributed by atoms with Crippen LogP contribution in [0.4, 0.5) is 22.0 Å². The number of nitro groups is 1. The van der Waals surface area contributed by atoms with Crippen LogP contribution in [-0.2, 0) is 14.9 Å². The van der Waals surface area contributed by atoms with Gasteiger partial charge < -0.3 is 20.3 Å². The number of amides is 3. The molecule has 0 aliphatic carbocycles. The van der Waals surface area contributed by atoms with E-state index in [-0.39, 0.29) is 30.8 Å². The molecule has 0 spiro atoms. The van der Waals surface area contributed by atoms with Crippen LogP contribution >= 0.6 is 11.6 Å². The number of anilines is 2. The Kier molecular flexibility index (Phi) is 8.85. The number of aromatic nitrogens is 2. The summed E-state index contributed by atoms with van der Waals surface area (Å²) in [7, 11) is 1.49. The van der Waals surface area contributed by atoms with Gasteiger partial charge in [-0.25, -0.2) is 9.48 Å². The van der Waals surface area contributed by atoms with Crippen LogP contribution in [0.25, 0.3) is 5.69 Å². The minimum Gasteiger partial charge on any atom is -0.383 e. The van der Waals surface area contributed by atoms with Crippen molar-refractivity contribution in [3.8, 4) is 5.69 Å². The fraction of sp³-hybridized carbons (Fsp3) is 0.320. The smallest absolute Gasteiger partial charge is 0.322 e. The number of ether oxygens (including phenoxy) is 1. The van der Waals surface area contributed by atoms with Crippen LogP contribution < -0.4 is 10.6 Å². The van der Waals surface area contributed by atoms with Crippen molar-refractivity contribution in [3.63, 3.8) is 0 Å². The van der Waals surface area contributed by atoms with Gasteiger partial charge in [0.1, 0.15) is 12.4 Å². The number of urea groups is 1. The van der Waals surface area contributed by atoms with Crippen molar-refractivity contribution in [1.82, 2.24) is 14.7 Å². The average Bonchev–Trinajstić information content (AvgIpc) is 3.26. The SMILES string of the molecule is COCCN(CC(=O)Nc1cc(C(C)(C)C)nn1-c1ccccc1Cl)C(=O)Nc1ccc([N+](=O)[O-])cc1. The number of carbonyl (C=O) groups is 2. The zero-order valence-corrected chi connectivity index (χ0v) is 21.8. The number of benzene rings is 2. The van der Waals surface area contributed by atoms with Gasteiger partial charge in [0.15, 0.2) is 0 Å². The molecule has 37 heavy (non-hydrogen) atoms. The summed E-state index contributed by atoms with van der Waals surface area (Å²) in [5, 5.41) is 21.5. The van der Waals surface area contributed by atoms with Crippen molar-refractivity contribution < 1.29 is 19.2 Å². The van der Waals surface area contributed by atoms with Crippen molar-refractivity contribution in [2.24, 2.45) is 0 Å². The van der Waals surface area contributed by atoms with Crippen LogP contribution in [0.15, 0.2) is 54.6 Å². The van der Waals surface area contributed by atoms with Gasteiger partial charge in [0.2, 0.25) is 5.91 Å². The lowest BCUT2D eigenvalue weighted by molar-refractivity contribution is -0.384. The molecule has 0 bridgehead atoms. The first kappa shape index (κ1) is 27.6. The monoisotopic (exact) mass is 528 g/mol. The Morgan fingerprint density at radius 2 is 1.81 bits per heavy atom. The molecule has 0 aliphatic heterocycles. The van der Waals surface area contributed by atoms with Crippen LogP contribution in [-0.4, -0.2) is 58.3 Å². The predicted molar refractivity (Wildman–Crippen MR) is 141 cm³/mol. The van der Waals surface area contributed by atoms with E-state index in [9.17, 15) is 19.7 Å². The number of hydrogen-bond acceptors (Lipinski definition) is 6. The molecule has 0 unspecified atom stereocenters. The van der Waals surface area contributed by atoms with Crippen molar-refractivity contribution in [3.05, 3.63) is 75.4 Å². The predicted octanol–water partition coefficient (Wildman–Crippen LogP) is 4.85. The molecule has 3 amide bonds. The average molecular weight is 529 g/mol. The highest BCUT2D eigenvalue weighted by Gasteiger charge is 2.24. The maximum atomic E-state index is 13.1. The maximum Gasteiger partial charge on any atom is 0.322 e. The molecule has 0 saturated carbocycles. The molecule has 11 nitrogen and oxygen atoms in total. The molecule has 0 saturated heterocycles. The first-order valence-electron chi connectivity index (χ1n) is 11.4. The highest BCUT2D eigenvalue weighted by atomic mass is 35.5. The van der Waals surface area contributed by atoms with Crippen LogP contribution in [0.5, 0.6) is 0 Å². The van der Waals surface area contributed by atoms with E-state index >= 15 is 0 Å². The number of nitrogens with zero attached hydrogens (tertiary/aromatic N) is 4. The molecule has 12 heteroatoms. The Bertz CT molecular complexity index is 1270. The van der Waals surface area contributed by atoms with Gasteiger partial charge in [-0.15, -0.1) is 0 Å². The topological polar surface area (TPSA) is 132 Å². The van der Waals surface area contributed by atoms with Crippen LogP contribution in [0.3, 0.4) is 0 Å². The lowest BCUT2D eigenvalue weighted by atomic mass is 9.92. The summed E-state index contributed by atoms with van der Waals surface area (Å²) in [5.41, 5.74) is 1.31. The summed E-state index contributed by atoms with van der Waals surface area (Å²) >= 11 is 6.39. The second-order valence-corrected chi connectivity index (χ2v) is 9.63. The molecule has 0 atom stereocenters. The summed E-state index contributed by atoms with van der Waals surface area (Å²) in [6.45, 7) is 6.08. The Hall–Kier alpha value is -3.96. The molecule has 2 aromatic carbocycles. The van der Waals surface area contributed by atoms with E-state index in [1.807, 2.05) is 26.8 Å². The third-order valence-corrected chi connectivity index (χ3v) is 5.66. The molecule has 1 aromatic heterocycles. The van der Waals surface area contributed by atoms with Gasteiger partial charge in [-0.3, -0.25) is 14.9 Å². The summed E-state index contributed by atoms with van der Waals surface area (Å²) in [5.74, 6) is -0.0471. The van der Waals surface area contributed by atoms with Gasteiger partial charge in [-0.1, -0.05) is 44.5 Å². The third kappa shape index (κ3) is 7.28. The molecule has 0 fully saturated rings.